The Morgan fingerprint density at radius 2 is 1.90 bits per heavy atom. The van der Waals surface area contributed by atoms with Gasteiger partial charge in [0, 0.05) is 24.6 Å². The summed E-state index contributed by atoms with van der Waals surface area (Å²) in [4.78, 5) is 20.7. The first-order valence-corrected chi connectivity index (χ1v) is 11.5. The minimum absolute atomic E-state index is 0.0882. The van der Waals surface area contributed by atoms with Crippen molar-refractivity contribution < 1.29 is 4.79 Å². The Kier molecular flexibility index (Phi) is 4.92. The minimum Gasteiger partial charge on any atom is -0.329 e. The van der Waals surface area contributed by atoms with E-state index in [1.54, 1.807) is 21.1 Å². The average molecular weight is 437 g/mol. The van der Waals surface area contributed by atoms with Gasteiger partial charge in [0.25, 0.3) is 5.91 Å². The second kappa shape index (κ2) is 7.73. The summed E-state index contributed by atoms with van der Waals surface area (Å²) in [5.74, 6) is 1.62. The molecule has 9 heteroatoms. The van der Waals surface area contributed by atoms with Gasteiger partial charge in [-0.3, -0.25) is 15.6 Å². The molecule has 0 bridgehead atoms. The summed E-state index contributed by atoms with van der Waals surface area (Å²) in [6.45, 7) is 1.06. The molecule has 3 heterocycles. The number of nitrogens with one attached hydrogen (secondary N) is 2. The summed E-state index contributed by atoms with van der Waals surface area (Å²) >= 11 is 2.87. The van der Waals surface area contributed by atoms with Crippen molar-refractivity contribution >= 4 is 40.4 Å². The molecule has 1 amide bonds. The molecule has 2 fully saturated rings. The number of amides is 1. The third-order valence-corrected chi connectivity index (χ3v) is 6.81. The highest BCUT2D eigenvalue weighted by molar-refractivity contribution is 7.08. The number of piperazine rings is 1. The van der Waals surface area contributed by atoms with Crippen molar-refractivity contribution in [3.8, 4) is 11.1 Å². The maximum Gasteiger partial charge on any atom is 0.254 e. The quantitative estimate of drug-likeness (QED) is 0.479. The summed E-state index contributed by atoms with van der Waals surface area (Å²) < 4.78 is 4.36. The molecule has 7 nitrogen and oxygen atoms in total. The number of nitrogens with zero attached hydrogens (tertiary/aromatic N) is 4. The topological polar surface area (TPSA) is 97.0 Å². The van der Waals surface area contributed by atoms with Gasteiger partial charge in [-0.15, -0.1) is 0 Å². The van der Waals surface area contributed by atoms with E-state index in [1.807, 2.05) is 29.6 Å². The first kappa shape index (κ1) is 19.1. The number of hydrogen-bond donors (Lipinski definition) is 2. The van der Waals surface area contributed by atoms with E-state index in [0.29, 0.717) is 29.6 Å². The van der Waals surface area contributed by atoms with Gasteiger partial charge in [0.15, 0.2) is 10.8 Å². The van der Waals surface area contributed by atoms with Crippen molar-refractivity contribution in [2.24, 2.45) is 0 Å². The highest BCUT2D eigenvalue weighted by Gasteiger charge is 2.32. The third kappa shape index (κ3) is 3.66. The summed E-state index contributed by atoms with van der Waals surface area (Å²) in [5, 5.41) is 21.5. The zero-order valence-electron chi connectivity index (χ0n) is 16.2. The Bertz CT molecular complexity index is 1100. The number of amidine groups is 2. The molecule has 1 saturated carbocycles. The molecule has 2 aromatic heterocycles. The van der Waals surface area contributed by atoms with Crippen LogP contribution in [0.1, 0.15) is 39.9 Å². The van der Waals surface area contributed by atoms with E-state index >= 15 is 0 Å². The van der Waals surface area contributed by atoms with Crippen LogP contribution in [-0.2, 0) is 0 Å². The predicted octanol–water partition coefficient (Wildman–Crippen LogP) is 3.90. The number of aromatic nitrogens is 2. The highest BCUT2D eigenvalue weighted by Crippen LogP contribution is 2.38. The Balaban J connectivity index is 1.24. The van der Waals surface area contributed by atoms with Gasteiger partial charge in [-0.25, -0.2) is 4.98 Å². The molecule has 1 aliphatic carbocycles. The van der Waals surface area contributed by atoms with Crippen LogP contribution in [0.4, 0.5) is 0 Å². The first-order valence-electron chi connectivity index (χ1n) is 9.79. The lowest BCUT2D eigenvalue weighted by Crippen LogP contribution is -2.53. The molecular weight excluding hydrogens is 416 g/mol. The van der Waals surface area contributed by atoms with E-state index in [2.05, 4.69) is 20.8 Å². The van der Waals surface area contributed by atoms with Crippen LogP contribution in [0.25, 0.3) is 11.1 Å². The van der Waals surface area contributed by atoms with Crippen molar-refractivity contribution in [3.63, 3.8) is 0 Å². The second-order valence-corrected chi connectivity index (χ2v) is 9.03. The van der Waals surface area contributed by atoms with Crippen LogP contribution in [0.5, 0.6) is 0 Å². The molecule has 152 valence electrons. The molecule has 0 atom stereocenters. The smallest absolute Gasteiger partial charge is 0.254 e. The van der Waals surface area contributed by atoms with Crippen LogP contribution in [-0.4, -0.2) is 56.4 Å². The van der Waals surface area contributed by atoms with Crippen LogP contribution >= 0.6 is 22.9 Å². The number of carbonyl (C=O) groups is 1. The summed E-state index contributed by atoms with van der Waals surface area (Å²) in [5.41, 5.74) is 2.85. The fraction of sp³-hybridized carbons (Fsp3) is 0.286. The van der Waals surface area contributed by atoms with Gasteiger partial charge in [-0.05, 0) is 64.5 Å². The van der Waals surface area contributed by atoms with Gasteiger partial charge in [0.05, 0.1) is 6.54 Å². The summed E-state index contributed by atoms with van der Waals surface area (Å²) in [6.07, 6.45) is 2.24. The standard InChI is InChI=1S/C21H20N6OS2/c22-17-11-26(21(28)15-5-1-13(2-6-15)16-7-10-29-12-16)8-9-27(17)18(23)20-24-19(25-30-20)14-3-4-14/h1-2,5-7,10,12,14,22-23H,3-4,8-9,11H2. The average Bonchev–Trinajstić information content (AvgIpc) is 3.26. The molecule has 2 aliphatic rings. The molecule has 30 heavy (non-hydrogen) atoms. The van der Waals surface area contributed by atoms with Crippen molar-refractivity contribution in [1.82, 2.24) is 19.2 Å². The SMILES string of the molecule is N=C1CN(C(=O)c2ccc(-c3ccsc3)cc2)CCN1C(=N)c1nc(C2CC2)ns1. The molecule has 3 aromatic rings. The van der Waals surface area contributed by atoms with Crippen molar-refractivity contribution in [1.29, 1.82) is 10.8 Å². The molecule has 0 radical (unpaired) electrons. The zero-order chi connectivity index (χ0) is 20.7. The van der Waals surface area contributed by atoms with Crippen LogP contribution in [0.15, 0.2) is 41.1 Å². The zero-order valence-corrected chi connectivity index (χ0v) is 17.8. The first-order chi connectivity index (χ1) is 14.6. The number of thiophene rings is 1. The lowest BCUT2D eigenvalue weighted by atomic mass is 10.1. The molecule has 2 N–H and O–H groups in total. The number of hydrogen-bond acceptors (Lipinski definition) is 7. The van der Waals surface area contributed by atoms with Crippen LogP contribution in [0.2, 0.25) is 0 Å². The van der Waals surface area contributed by atoms with Gasteiger partial charge in [0.2, 0.25) is 0 Å². The van der Waals surface area contributed by atoms with Crippen LogP contribution in [0.3, 0.4) is 0 Å². The fourth-order valence-corrected chi connectivity index (χ4v) is 4.86. The molecule has 5 rings (SSSR count). The number of benzene rings is 1. The van der Waals surface area contributed by atoms with E-state index in [9.17, 15) is 4.79 Å². The molecule has 1 saturated heterocycles. The lowest BCUT2D eigenvalue weighted by molar-refractivity contribution is 0.0757. The minimum atomic E-state index is -0.0882. The molecule has 1 aromatic carbocycles. The Hall–Kier alpha value is -2.91. The fourth-order valence-electron chi connectivity index (χ4n) is 3.49. The van der Waals surface area contributed by atoms with Crippen LogP contribution < -0.4 is 0 Å². The van der Waals surface area contributed by atoms with Crippen LogP contribution in [0, 0.1) is 10.8 Å². The Labute approximate surface area is 182 Å². The third-order valence-electron chi connectivity index (χ3n) is 5.39. The van der Waals surface area contributed by atoms with Crippen molar-refractivity contribution in [2.45, 2.75) is 18.8 Å². The van der Waals surface area contributed by atoms with Gasteiger partial charge in [-0.2, -0.15) is 15.7 Å². The highest BCUT2D eigenvalue weighted by atomic mass is 32.1. The molecule has 1 aliphatic heterocycles. The number of rotatable bonds is 4. The van der Waals surface area contributed by atoms with E-state index in [1.165, 1.54) is 11.5 Å². The molecule has 0 spiro atoms. The van der Waals surface area contributed by atoms with Gasteiger partial charge in [-0.1, -0.05) is 12.1 Å². The van der Waals surface area contributed by atoms with E-state index in [-0.39, 0.29) is 24.1 Å². The van der Waals surface area contributed by atoms with Gasteiger partial charge < -0.3 is 9.80 Å². The maximum absolute atomic E-state index is 12.9. The maximum atomic E-state index is 12.9. The monoisotopic (exact) mass is 436 g/mol. The van der Waals surface area contributed by atoms with E-state index in [4.69, 9.17) is 10.8 Å². The van der Waals surface area contributed by atoms with Gasteiger partial charge >= 0.3 is 0 Å². The predicted molar refractivity (Wildman–Crippen MR) is 119 cm³/mol. The Morgan fingerprint density at radius 3 is 2.57 bits per heavy atom. The van der Waals surface area contributed by atoms with E-state index < -0.39 is 0 Å². The summed E-state index contributed by atoms with van der Waals surface area (Å²) in [6, 6.07) is 9.66. The van der Waals surface area contributed by atoms with Crippen molar-refractivity contribution in [2.75, 3.05) is 19.6 Å². The molecular formula is C21H20N6OS2. The number of carbonyl (C=O) groups excluding carboxylic acids is 1. The van der Waals surface area contributed by atoms with E-state index in [0.717, 1.165) is 29.8 Å². The van der Waals surface area contributed by atoms with Crippen molar-refractivity contribution in [3.05, 3.63) is 57.5 Å². The largest absolute Gasteiger partial charge is 0.329 e. The second-order valence-electron chi connectivity index (χ2n) is 7.50. The normalized spacial score (nSPS) is 16.7. The Morgan fingerprint density at radius 1 is 1.10 bits per heavy atom. The van der Waals surface area contributed by atoms with Gasteiger partial charge in [0.1, 0.15) is 11.7 Å². The lowest BCUT2D eigenvalue weighted by Gasteiger charge is -2.35. The molecule has 0 unspecified atom stereocenters. The summed E-state index contributed by atoms with van der Waals surface area (Å²) in [7, 11) is 0.